The molecule has 0 aromatic rings. The van der Waals surface area contributed by atoms with E-state index in [2.05, 4.69) is 0 Å². The average Bonchev–Trinajstić information content (AvgIpc) is 3.51. The predicted octanol–water partition coefficient (Wildman–Crippen LogP) is -7.70. The van der Waals surface area contributed by atoms with Crippen LogP contribution < -0.4 is 0 Å². The molecule has 0 radical (unpaired) electrons. The van der Waals surface area contributed by atoms with Crippen molar-refractivity contribution in [1.29, 1.82) is 0 Å². The molecule has 6 heterocycles. The zero-order valence-electron chi connectivity index (χ0n) is 24.4. The molecule has 10 N–H and O–H groups in total. The number of Topliss-reactive ketones (excluding diaryl/α,β-unsaturated/α-hetero) is 1. The second-order valence-electron chi connectivity index (χ2n) is 12.2. The molecular formula is C26H40O20. The Morgan fingerprint density at radius 3 is 1.89 bits per heavy atom. The second-order valence-corrected chi connectivity index (χ2v) is 12.2. The fraction of sp³-hybridized carbons (Fsp3) is 0.962. The van der Waals surface area contributed by atoms with Crippen LogP contribution in [-0.4, -0.2) is 206 Å². The molecule has 46 heavy (non-hydrogen) atoms. The van der Waals surface area contributed by atoms with Crippen LogP contribution in [0.3, 0.4) is 0 Å². The number of hydrogen-bond acceptors (Lipinski definition) is 20. The molecule has 20 heteroatoms. The topological polar surface area (TPSA) is 302 Å². The summed E-state index contributed by atoms with van der Waals surface area (Å²) < 4.78 is 50.7. The molecule has 6 aliphatic rings. The number of hydrogen-bond donors (Lipinski definition) is 10. The zero-order chi connectivity index (χ0) is 33.2. The van der Waals surface area contributed by atoms with Crippen molar-refractivity contribution < 1.29 is 98.5 Å². The van der Waals surface area contributed by atoms with Gasteiger partial charge in [0.25, 0.3) is 5.79 Å². The van der Waals surface area contributed by atoms with Gasteiger partial charge < -0.3 is 93.7 Å². The number of aliphatic hydroxyl groups is 10. The van der Waals surface area contributed by atoms with Crippen LogP contribution in [0.15, 0.2) is 0 Å². The number of ketones is 1. The molecule has 0 aromatic carbocycles. The molecule has 20 nitrogen and oxygen atoms in total. The fourth-order valence-corrected chi connectivity index (χ4v) is 6.73. The molecule has 0 aliphatic carbocycles. The third-order valence-corrected chi connectivity index (χ3v) is 9.31. The van der Waals surface area contributed by atoms with E-state index in [0.29, 0.717) is 0 Å². The van der Waals surface area contributed by atoms with Crippen LogP contribution in [0.4, 0.5) is 0 Å². The lowest BCUT2D eigenvalue weighted by Gasteiger charge is -2.50. The Morgan fingerprint density at radius 2 is 1.26 bits per heavy atom. The van der Waals surface area contributed by atoms with Gasteiger partial charge in [-0.3, -0.25) is 4.79 Å². The van der Waals surface area contributed by atoms with Crippen molar-refractivity contribution in [2.75, 3.05) is 26.4 Å². The van der Waals surface area contributed by atoms with Crippen molar-refractivity contribution in [3.05, 3.63) is 0 Å². The number of aliphatic hydroxyl groups excluding tert-OH is 10. The SMILES string of the molecule is CC(=O)[C@]1(O[C@@H]2[C@H]3OC[C@@H]2O[C@@H](O[C@@H]2[C@@H](O)[C@H](O[C@@H]4[C@H]5OC[C@@H]4O[C@@H](O)[C@H]5O)O[C@H](CO)[C@H]2O)[C@H]3O)O[C@H](CO)[C@H](O)[C@H](O)[C@H]1O. The summed E-state index contributed by atoms with van der Waals surface area (Å²) >= 11 is 0. The van der Waals surface area contributed by atoms with Crippen molar-refractivity contribution >= 4 is 5.78 Å². The van der Waals surface area contributed by atoms with Crippen LogP contribution in [0.5, 0.6) is 0 Å². The van der Waals surface area contributed by atoms with Crippen molar-refractivity contribution in [3.63, 3.8) is 0 Å². The van der Waals surface area contributed by atoms with Crippen molar-refractivity contribution in [2.45, 2.75) is 129 Å². The van der Waals surface area contributed by atoms with E-state index >= 15 is 0 Å². The number of fused-ring (bicyclic) bond motifs is 4. The van der Waals surface area contributed by atoms with E-state index in [1.165, 1.54) is 0 Å². The molecule has 0 spiro atoms. The molecule has 264 valence electrons. The highest BCUT2D eigenvalue weighted by molar-refractivity contribution is 5.84. The van der Waals surface area contributed by atoms with E-state index in [4.69, 9.17) is 42.6 Å². The van der Waals surface area contributed by atoms with Crippen LogP contribution in [0.1, 0.15) is 6.92 Å². The van der Waals surface area contributed by atoms with Crippen LogP contribution in [0.2, 0.25) is 0 Å². The summed E-state index contributed by atoms with van der Waals surface area (Å²) in [5, 5.41) is 104. The predicted molar refractivity (Wildman–Crippen MR) is 137 cm³/mol. The van der Waals surface area contributed by atoms with Gasteiger partial charge in [0.15, 0.2) is 24.7 Å². The maximum atomic E-state index is 12.7. The molecule has 0 amide bonds. The highest BCUT2D eigenvalue weighted by Gasteiger charge is 2.63. The first-order valence-electron chi connectivity index (χ1n) is 14.9. The zero-order valence-corrected chi connectivity index (χ0v) is 24.4. The van der Waals surface area contributed by atoms with Crippen LogP contribution in [0.25, 0.3) is 0 Å². The monoisotopic (exact) mass is 672 g/mol. The van der Waals surface area contributed by atoms with Gasteiger partial charge in [-0.15, -0.1) is 0 Å². The Morgan fingerprint density at radius 1 is 0.674 bits per heavy atom. The largest absolute Gasteiger partial charge is 0.394 e. The van der Waals surface area contributed by atoms with Gasteiger partial charge in [-0.25, -0.2) is 0 Å². The maximum Gasteiger partial charge on any atom is 0.259 e. The van der Waals surface area contributed by atoms with Gasteiger partial charge in [0, 0.05) is 6.92 Å². The molecule has 0 unspecified atom stereocenters. The number of carbonyl (C=O) groups is 1. The van der Waals surface area contributed by atoms with Gasteiger partial charge >= 0.3 is 0 Å². The van der Waals surface area contributed by atoms with E-state index in [9.17, 15) is 55.9 Å². The third kappa shape index (κ3) is 5.71. The average molecular weight is 673 g/mol. The number of ether oxygens (including phenoxy) is 9. The van der Waals surface area contributed by atoms with E-state index in [0.717, 1.165) is 6.92 Å². The minimum absolute atomic E-state index is 0.0421. The van der Waals surface area contributed by atoms with Crippen molar-refractivity contribution in [1.82, 2.24) is 0 Å². The minimum atomic E-state index is -2.60. The summed E-state index contributed by atoms with van der Waals surface area (Å²) in [6, 6.07) is 0. The highest BCUT2D eigenvalue weighted by atomic mass is 16.8. The van der Waals surface area contributed by atoms with Crippen molar-refractivity contribution in [3.8, 4) is 0 Å². The highest BCUT2D eigenvalue weighted by Crippen LogP contribution is 2.41. The summed E-state index contributed by atoms with van der Waals surface area (Å²) in [5.41, 5.74) is 0. The van der Waals surface area contributed by atoms with Gasteiger partial charge in [0.1, 0.15) is 97.7 Å². The molecule has 0 aromatic heterocycles. The Hall–Kier alpha value is -1.09. The van der Waals surface area contributed by atoms with Crippen LogP contribution in [0, 0.1) is 0 Å². The Kier molecular flexibility index (Phi) is 10.1. The molecule has 0 saturated carbocycles. The maximum absolute atomic E-state index is 12.7. The molecule has 20 atom stereocenters. The van der Waals surface area contributed by atoms with Gasteiger partial charge in [0.05, 0.1) is 26.4 Å². The van der Waals surface area contributed by atoms with Crippen LogP contribution >= 0.6 is 0 Å². The smallest absolute Gasteiger partial charge is 0.259 e. The molecule has 6 aliphatic heterocycles. The first-order chi connectivity index (χ1) is 21.8. The third-order valence-electron chi connectivity index (χ3n) is 9.31. The first-order valence-corrected chi connectivity index (χ1v) is 14.9. The van der Waals surface area contributed by atoms with Gasteiger partial charge in [-0.05, 0) is 0 Å². The molecule has 4 bridgehead atoms. The quantitative estimate of drug-likeness (QED) is 0.109. The normalized spacial score (nSPS) is 55.4. The van der Waals surface area contributed by atoms with Gasteiger partial charge in [0.2, 0.25) is 0 Å². The van der Waals surface area contributed by atoms with Gasteiger partial charge in [-0.1, -0.05) is 0 Å². The van der Waals surface area contributed by atoms with Gasteiger partial charge in [-0.2, -0.15) is 0 Å². The number of carbonyl (C=O) groups excluding carboxylic acids is 1. The lowest BCUT2D eigenvalue weighted by atomic mass is 9.89. The van der Waals surface area contributed by atoms with E-state index < -0.39 is 141 Å². The lowest BCUT2D eigenvalue weighted by molar-refractivity contribution is -0.385. The first kappa shape index (κ1) is 34.8. The lowest BCUT2D eigenvalue weighted by Crippen LogP contribution is -2.71. The summed E-state index contributed by atoms with van der Waals surface area (Å²) in [6.07, 6.45) is -28.4. The summed E-state index contributed by atoms with van der Waals surface area (Å²) in [5.74, 6) is -3.53. The Bertz CT molecular complexity index is 1080. The number of rotatable bonds is 9. The fourth-order valence-electron chi connectivity index (χ4n) is 6.73. The second kappa shape index (κ2) is 13.3. The van der Waals surface area contributed by atoms with Crippen molar-refractivity contribution in [2.24, 2.45) is 0 Å². The van der Waals surface area contributed by atoms with E-state index in [-0.39, 0.29) is 13.2 Å². The van der Waals surface area contributed by atoms with E-state index in [1.807, 2.05) is 0 Å². The Balaban J connectivity index is 1.16. The molecular weight excluding hydrogens is 632 g/mol. The Labute approximate surface area is 260 Å². The summed E-state index contributed by atoms with van der Waals surface area (Å²) in [6.45, 7) is -0.872. The van der Waals surface area contributed by atoms with Crippen LogP contribution in [-0.2, 0) is 47.4 Å². The minimum Gasteiger partial charge on any atom is -0.394 e. The summed E-state index contributed by atoms with van der Waals surface area (Å²) in [4.78, 5) is 12.7. The van der Waals surface area contributed by atoms with E-state index in [1.54, 1.807) is 0 Å². The molecule has 6 fully saturated rings. The standard InChI is InChI=1S/C26H40O20/c1-6(29)26(22(36)13(32)11(30)8(3-28)45-26)46-18-10-5-39-21(18)16(35)25(42-10)44-19-12(31)7(2-27)41-24(15(19)34)43-17-9-4-38-20(17)14(33)23(37)40-9/h7-25,27-28,30-37H,2-5H2,1H3/t7-,8-,9+,10+,11+,12-,13+,14+,15-,16+,17+,18+,19+,20+,21+,22-,23-,24+,25+,26-/m1/s1. The summed E-state index contributed by atoms with van der Waals surface area (Å²) in [7, 11) is 0. The molecule has 6 saturated heterocycles. The molecule has 6 rings (SSSR count).